The topological polar surface area (TPSA) is 40.6 Å². The summed E-state index contributed by atoms with van der Waals surface area (Å²) >= 11 is 5.86. The second-order valence-corrected chi connectivity index (χ2v) is 4.02. The van der Waals surface area contributed by atoms with Gasteiger partial charge in [-0.25, -0.2) is 4.98 Å². The van der Waals surface area contributed by atoms with E-state index in [1.54, 1.807) is 25.4 Å². The van der Waals surface area contributed by atoms with Crippen LogP contribution in [0.5, 0.6) is 17.2 Å². The van der Waals surface area contributed by atoms with Crippen LogP contribution in [0, 0.1) is 0 Å². The Bertz CT molecular complexity index is 516. The zero-order chi connectivity index (χ0) is 13.5. The number of halogens is 1. The molecular formula is C14H14ClNO3. The predicted molar refractivity (Wildman–Crippen MR) is 73.2 cm³/mol. The average Bonchev–Trinajstić information content (AvgIpc) is 2.46. The van der Waals surface area contributed by atoms with E-state index in [0.29, 0.717) is 24.1 Å². The normalized spacial score (nSPS) is 10.0. The fourth-order valence-corrected chi connectivity index (χ4v) is 1.64. The van der Waals surface area contributed by atoms with Crippen molar-refractivity contribution in [1.29, 1.82) is 0 Å². The molecule has 100 valence electrons. The Labute approximate surface area is 116 Å². The maximum Gasteiger partial charge on any atom is 0.171 e. The Morgan fingerprint density at radius 3 is 2.37 bits per heavy atom. The summed E-state index contributed by atoms with van der Waals surface area (Å²) in [7, 11) is 1.63. The fourth-order valence-electron chi connectivity index (χ4n) is 1.46. The van der Waals surface area contributed by atoms with E-state index >= 15 is 0 Å². The molecule has 5 heteroatoms. The molecule has 1 heterocycles. The van der Waals surface area contributed by atoms with Gasteiger partial charge in [-0.1, -0.05) is 11.6 Å². The van der Waals surface area contributed by atoms with Crippen LogP contribution in [0.15, 0.2) is 42.6 Å². The van der Waals surface area contributed by atoms with Crippen LogP contribution in [0.4, 0.5) is 0 Å². The summed E-state index contributed by atoms with van der Waals surface area (Å²) in [5.74, 6) is 2.12. The molecule has 0 aliphatic heterocycles. The molecular weight excluding hydrogens is 266 g/mol. The van der Waals surface area contributed by atoms with Gasteiger partial charge in [-0.2, -0.15) is 0 Å². The van der Waals surface area contributed by atoms with Crippen molar-refractivity contribution in [2.75, 3.05) is 20.3 Å². The van der Waals surface area contributed by atoms with E-state index in [0.717, 1.165) is 11.5 Å². The molecule has 19 heavy (non-hydrogen) atoms. The van der Waals surface area contributed by atoms with Crippen LogP contribution in [-0.2, 0) is 0 Å². The van der Waals surface area contributed by atoms with E-state index < -0.39 is 0 Å². The number of ether oxygens (including phenoxy) is 3. The maximum atomic E-state index is 5.86. The van der Waals surface area contributed by atoms with E-state index in [1.165, 1.54) is 0 Å². The Morgan fingerprint density at radius 1 is 1.00 bits per heavy atom. The SMILES string of the molecule is COc1ccc(OCCOc2cccnc2Cl)cc1. The van der Waals surface area contributed by atoms with Gasteiger partial charge in [-0.05, 0) is 36.4 Å². The standard InChI is InChI=1S/C14H14ClNO3/c1-17-11-4-6-12(7-5-11)18-9-10-19-13-3-2-8-16-14(13)15/h2-8H,9-10H2,1H3. The summed E-state index contributed by atoms with van der Waals surface area (Å²) in [4.78, 5) is 3.92. The van der Waals surface area contributed by atoms with Gasteiger partial charge >= 0.3 is 0 Å². The van der Waals surface area contributed by atoms with Gasteiger partial charge in [0.1, 0.15) is 24.7 Å². The fraction of sp³-hybridized carbons (Fsp3) is 0.214. The van der Waals surface area contributed by atoms with Crippen molar-refractivity contribution in [3.8, 4) is 17.2 Å². The molecule has 0 aliphatic rings. The number of rotatable bonds is 6. The van der Waals surface area contributed by atoms with E-state index in [4.69, 9.17) is 25.8 Å². The molecule has 0 saturated carbocycles. The van der Waals surface area contributed by atoms with Crippen molar-refractivity contribution in [3.05, 3.63) is 47.7 Å². The number of pyridine rings is 1. The quantitative estimate of drug-likeness (QED) is 0.601. The van der Waals surface area contributed by atoms with Crippen LogP contribution in [0.25, 0.3) is 0 Å². The average molecular weight is 280 g/mol. The van der Waals surface area contributed by atoms with Crippen molar-refractivity contribution >= 4 is 11.6 Å². The number of methoxy groups -OCH3 is 1. The summed E-state index contributed by atoms with van der Waals surface area (Å²) < 4.78 is 16.0. The highest BCUT2D eigenvalue weighted by molar-refractivity contribution is 6.30. The van der Waals surface area contributed by atoms with Gasteiger partial charge in [-0.15, -0.1) is 0 Å². The lowest BCUT2D eigenvalue weighted by molar-refractivity contribution is 0.216. The molecule has 0 amide bonds. The van der Waals surface area contributed by atoms with E-state index in [2.05, 4.69) is 4.98 Å². The monoisotopic (exact) mass is 279 g/mol. The first-order valence-electron chi connectivity index (χ1n) is 5.80. The largest absolute Gasteiger partial charge is 0.497 e. The minimum atomic E-state index is 0.354. The van der Waals surface area contributed by atoms with Crippen molar-refractivity contribution in [2.45, 2.75) is 0 Å². The molecule has 1 aromatic carbocycles. The smallest absolute Gasteiger partial charge is 0.171 e. The second-order valence-electron chi connectivity index (χ2n) is 3.66. The summed E-state index contributed by atoms with van der Waals surface area (Å²) in [6.45, 7) is 0.828. The van der Waals surface area contributed by atoms with Crippen LogP contribution < -0.4 is 14.2 Å². The number of hydrogen-bond acceptors (Lipinski definition) is 4. The first-order valence-corrected chi connectivity index (χ1v) is 6.17. The minimum Gasteiger partial charge on any atom is -0.497 e. The van der Waals surface area contributed by atoms with Crippen molar-refractivity contribution in [1.82, 2.24) is 4.98 Å². The lowest BCUT2D eigenvalue weighted by Gasteiger charge is -2.09. The number of benzene rings is 1. The van der Waals surface area contributed by atoms with Gasteiger partial charge < -0.3 is 14.2 Å². The Balaban J connectivity index is 1.76. The Morgan fingerprint density at radius 2 is 1.68 bits per heavy atom. The van der Waals surface area contributed by atoms with Gasteiger partial charge in [0.15, 0.2) is 10.9 Å². The summed E-state index contributed by atoms with van der Waals surface area (Å²) in [5, 5.41) is 0.354. The zero-order valence-electron chi connectivity index (χ0n) is 10.5. The Kier molecular flexibility index (Phi) is 4.86. The lowest BCUT2D eigenvalue weighted by atomic mass is 10.3. The van der Waals surface area contributed by atoms with Gasteiger partial charge in [0.05, 0.1) is 7.11 Å². The molecule has 0 aliphatic carbocycles. The third-order valence-corrected chi connectivity index (χ3v) is 2.68. The van der Waals surface area contributed by atoms with Gasteiger partial charge in [-0.3, -0.25) is 0 Å². The number of aromatic nitrogens is 1. The third-order valence-electron chi connectivity index (χ3n) is 2.39. The van der Waals surface area contributed by atoms with E-state index in [9.17, 15) is 0 Å². The van der Waals surface area contributed by atoms with Crippen LogP contribution in [0.3, 0.4) is 0 Å². The zero-order valence-corrected chi connectivity index (χ0v) is 11.3. The first-order chi connectivity index (χ1) is 9.29. The number of nitrogens with zero attached hydrogens (tertiary/aromatic N) is 1. The molecule has 0 saturated heterocycles. The minimum absolute atomic E-state index is 0.354. The molecule has 0 spiro atoms. The molecule has 2 aromatic rings. The summed E-state index contributed by atoms with van der Waals surface area (Å²) in [5.41, 5.74) is 0. The van der Waals surface area contributed by atoms with Crippen molar-refractivity contribution in [2.24, 2.45) is 0 Å². The molecule has 4 nitrogen and oxygen atoms in total. The van der Waals surface area contributed by atoms with Gasteiger partial charge in [0.25, 0.3) is 0 Å². The highest BCUT2D eigenvalue weighted by Crippen LogP contribution is 2.20. The van der Waals surface area contributed by atoms with Gasteiger partial charge in [0.2, 0.25) is 0 Å². The first kappa shape index (κ1) is 13.5. The van der Waals surface area contributed by atoms with Crippen molar-refractivity contribution in [3.63, 3.8) is 0 Å². The molecule has 0 fully saturated rings. The maximum absolute atomic E-state index is 5.86. The molecule has 2 rings (SSSR count). The molecule has 0 atom stereocenters. The molecule has 0 N–H and O–H groups in total. The molecule has 0 unspecified atom stereocenters. The second kappa shape index (κ2) is 6.85. The molecule has 0 bridgehead atoms. The van der Waals surface area contributed by atoms with Gasteiger partial charge in [0, 0.05) is 6.20 Å². The van der Waals surface area contributed by atoms with Crippen LogP contribution >= 0.6 is 11.6 Å². The van der Waals surface area contributed by atoms with Crippen LogP contribution in [0.1, 0.15) is 0 Å². The predicted octanol–water partition coefficient (Wildman–Crippen LogP) is 3.20. The van der Waals surface area contributed by atoms with Crippen molar-refractivity contribution < 1.29 is 14.2 Å². The lowest BCUT2D eigenvalue weighted by Crippen LogP contribution is -2.09. The van der Waals surface area contributed by atoms with Crippen LogP contribution in [0.2, 0.25) is 5.15 Å². The summed E-state index contributed by atoms with van der Waals surface area (Å²) in [6, 6.07) is 10.9. The Hall–Kier alpha value is -1.94. The third kappa shape index (κ3) is 4.03. The highest BCUT2D eigenvalue weighted by Gasteiger charge is 2.01. The number of hydrogen-bond donors (Lipinski definition) is 0. The van der Waals surface area contributed by atoms with Crippen LogP contribution in [-0.4, -0.2) is 25.3 Å². The van der Waals surface area contributed by atoms with E-state index in [1.807, 2.05) is 24.3 Å². The molecule has 1 aromatic heterocycles. The summed E-state index contributed by atoms with van der Waals surface area (Å²) in [6.07, 6.45) is 1.61. The van der Waals surface area contributed by atoms with E-state index in [-0.39, 0.29) is 0 Å². The highest BCUT2D eigenvalue weighted by atomic mass is 35.5. The molecule has 0 radical (unpaired) electrons.